The normalized spacial score (nSPS) is 10.3. The molecule has 0 spiro atoms. The number of hydrogen-bond acceptors (Lipinski definition) is 6. The van der Waals surface area contributed by atoms with Gasteiger partial charge in [0, 0.05) is 12.1 Å². The Morgan fingerprint density at radius 1 is 1.00 bits per heavy atom. The number of nitrogen functional groups attached to an aromatic ring is 2. The molecule has 0 aliphatic rings. The van der Waals surface area contributed by atoms with Crippen LogP contribution in [-0.4, -0.2) is 30.7 Å². The van der Waals surface area contributed by atoms with E-state index in [-0.39, 0.29) is 0 Å². The van der Waals surface area contributed by atoms with Crippen LogP contribution in [0.5, 0.6) is 11.5 Å². The first kappa shape index (κ1) is 17.3. The Hall–Kier alpha value is -1.71. The van der Waals surface area contributed by atoms with Crippen LogP contribution < -0.4 is 20.9 Å². The molecule has 0 saturated carbocycles. The summed E-state index contributed by atoms with van der Waals surface area (Å²) in [6.45, 7) is 4.92. The third kappa shape index (κ3) is 8.08. The molecule has 0 bridgehead atoms. The van der Waals surface area contributed by atoms with Gasteiger partial charge in [-0.25, -0.2) is 0 Å². The lowest BCUT2D eigenvalue weighted by Crippen LogP contribution is -2.02. The van der Waals surface area contributed by atoms with Crippen molar-refractivity contribution in [2.24, 2.45) is 0 Å². The molecule has 0 aromatic heterocycles. The third-order valence-corrected chi connectivity index (χ3v) is 1.74. The highest BCUT2D eigenvalue weighted by atomic mass is 32.3. The fourth-order valence-electron chi connectivity index (χ4n) is 1.15. The number of anilines is 2. The number of hydrogen-bond donors (Lipinski definition) is 4. The molecule has 0 atom stereocenters. The van der Waals surface area contributed by atoms with Crippen LogP contribution in [0.25, 0.3) is 0 Å². The Labute approximate surface area is 111 Å². The Morgan fingerprint density at radius 2 is 1.26 bits per heavy atom. The van der Waals surface area contributed by atoms with Gasteiger partial charge in [0.25, 0.3) is 0 Å². The molecule has 0 radical (unpaired) electrons. The molecule has 0 heterocycles. The molecule has 8 nitrogen and oxygen atoms in total. The smallest absolute Gasteiger partial charge is 0.394 e. The molecule has 9 heteroatoms. The fraction of sp³-hybridized carbons (Fsp3) is 0.400. The van der Waals surface area contributed by atoms with Crippen LogP contribution in [-0.2, 0) is 10.4 Å². The fourth-order valence-corrected chi connectivity index (χ4v) is 1.15. The van der Waals surface area contributed by atoms with Gasteiger partial charge in [0.15, 0.2) is 0 Å². The summed E-state index contributed by atoms with van der Waals surface area (Å²) in [7, 11) is -4.67. The van der Waals surface area contributed by atoms with E-state index in [0.29, 0.717) is 36.1 Å². The van der Waals surface area contributed by atoms with Gasteiger partial charge < -0.3 is 20.9 Å². The van der Waals surface area contributed by atoms with Crippen molar-refractivity contribution in [1.82, 2.24) is 0 Å². The van der Waals surface area contributed by atoms with E-state index in [1.54, 1.807) is 12.1 Å². The van der Waals surface area contributed by atoms with Crippen LogP contribution in [0, 0.1) is 0 Å². The first-order valence-corrected chi connectivity index (χ1v) is 6.73. The van der Waals surface area contributed by atoms with E-state index in [0.717, 1.165) is 0 Å². The minimum Gasteiger partial charge on any atom is -0.492 e. The number of rotatable bonds is 4. The summed E-state index contributed by atoms with van der Waals surface area (Å²) < 4.78 is 42.2. The van der Waals surface area contributed by atoms with E-state index in [9.17, 15) is 0 Å². The molecule has 1 rings (SSSR count). The second-order valence-corrected chi connectivity index (χ2v) is 4.14. The molecule has 0 unspecified atom stereocenters. The van der Waals surface area contributed by atoms with Gasteiger partial charge in [0.05, 0.1) is 24.6 Å². The summed E-state index contributed by atoms with van der Waals surface area (Å²) in [5.74, 6) is 1.21. The minimum atomic E-state index is -4.67. The lowest BCUT2D eigenvalue weighted by molar-refractivity contribution is 0.333. The predicted octanol–water partition coefficient (Wildman–Crippen LogP) is 0.996. The van der Waals surface area contributed by atoms with Gasteiger partial charge in [-0.1, -0.05) is 0 Å². The summed E-state index contributed by atoms with van der Waals surface area (Å²) in [5, 5.41) is 0. The second kappa shape index (κ2) is 7.67. The molecular formula is C10H18N2O6S. The molecule has 6 N–H and O–H groups in total. The highest BCUT2D eigenvalue weighted by Gasteiger charge is 2.06. The van der Waals surface area contributed by atoms with Gasteiger partial charge in [0.2, 0.25) is 0 Å². The average molecular weight is 294 g/mol. The zero-order chi connectivity index (χ0) is 15.1. The molecule has 1 aromatic rings. The lowest BCUT2D eigenvalue weighted by Gasteiger charge is -2.11. The van der Waals surface area contributed by atoms with Crippen LogP contribution in [0.2, 0.25) is 0 Å². The molecule has 0 saturated heterocycles. The van der Waals surface area contributed by atoms with Gasteiger partial charge in [-0.2, -0.15) is 8.42 Å². The van der Waals surface area contributed by atoms with Crippen molar-refractivity contribution in [1.29, 1.82) is 0 Å². The van der Waals surface area contributed by atoms with Gasteiger partial charge in [-0.05, 0) is 13.8 Å². The second-order valence-electron chi connectivity index (χ2n) is 3.24. The van der Waals surface area contributed by atoms with E-state index < -0.39 is 10.4 Å². The molecule has 1 aromatic carbocycles. The Kier molecular flexibility index (Phi) is 6.98. The van der Waals surface area contributed by atoms with E-state index in [4.69, 9.17) is 38.5 Å². The molecule has 0 amide bonds. The first-order chi connectivity index (χ1) is 8.69. The van der Waals surface area contributed by atoms with Gasteiger partial charge in [0.1, 0.15) is 11.5 Å². The first-order valence-electron chi connectivity index (χ1n) is 5.33. The van der Waals surface area contributed by atoms with Gasteiger partial charge in [-0.3, -0.25) is 9.11 Å². The summed E-state index contributed by atoms with van der Waals surface area (Å²) in [6, 6.07) is 3.37. The predicted molar refractivity (Wildman–Crippen MR) is 71.8 cm³/mol. The number of nitrogens with two attached hydrogens (primary N) is 2. The van der Waals surface area contributed by atoms with Crippen LogP contribution in [0.15, 0.2) is 12.1 Å². The van der Waals surface area contributed by atoms with E-state index in [2.05, 4.69) is 0 Å². The summed E-state index contributed by atoms with van der Waals surface area (Å²) in [6.07, 6.45) is 0. The standard InChI is InChI=1S/C10H16N2O2.H2O4S/c1-3-13-9-5-8(12)10(14-4-2)6-7(9)11;1-5(2,3)4/h5-6H,3-4,11-12H2,1-2H3;(H2,1,2,3,4). The zero-order valence-electron chi connectivity index (χ0n) is 10.7. The van der Waals surface area contributed by atoms with Crippen molar-refractivity contribution in [2.45, 2.75) is 13.8 Å². The van der Waals surface area contributed by atoms with Crippen LogP contribution in [0.3, 0.4) is 0 Å². The van der Waals surface area contributed by atoms with E-state index in [1.807, 2.05) is 13.8 Å². The quantitative estimate of drug-likeness (QED) is 0.475. The Balaban J connectivity index is 0.000000555. The van der Waals surface area contributed by atoms with Crippen molar-refractivity contribution in [3.8, 4) is 11.5 Å². The molecule has 0 aliphatic carbocycles. The Bertz CT molecular complexity index is 463. The molecule has 0 fully saturated rings. The summed E-state index contributed by atoms with van der Waals surface area (Å²) in [4.78, 5) is 0. The van der Waals surface area contributed by atoms with Crippen molar-refractivity contribution in [3.05, 3.63) is 12.1 Å². The molecule has 0 aliphatic heterocycles. The zero-order valence-corrected chi connectivity index (χ0v) is 11.5. The summed E-state index contributed by atoms with van der Waals surface area (Å²) in [5.41, 5.74) is 12.6. The minimum absolute atomic E-state index is 0.546. The SMILES string of the molecule is CCOc1cc(N)c(OCC)cc1N.O=S(=O)(O)O. The maximum absolute atomic E-state index is 8.74. The van der Waals surface area contributed by atoms with Gasteiger partial charge >= 0.3 is 10.4 Å². The number of ether oxygens (including phenoxy) is 2. The monoisotopic (exact) mass is 294 g/mol. The highest BCUT2D eigenvalue weighted by Crippen LogP contribution is 2.32. The highest BCUT2D eigenvalue weighted by molar-refractivity contribution is 7.79. The molecular weight excluding hydrogens is 276 g/mol. The summed E-state index contributed by atoms with van der Waals surface area (Å²) >= 11 is 0. The van der Waals surface area contributed by atoms with Crippen molar-refractivity contribution < 1.29 is 27.0 Å². The number of benzene rings is 1. The topological polar surface area (TPSA) is 145 Å². The van der Waals surface area contributed by atoms with Gasteiger partial charge in [-0.15, -0.1) is 0 Å². The van der Waals surface area contributed by atoms with Crippen LogP contribution in [0.4, 0.5) is 11.4 Å². The van der Waals surface area contributed by atoms with Crippen LogP contribution >= 0.6 is 0 Å². The maximum atomic E-state index is 8.74. The van der Waals surface area contributed by atoms with Crippen LogP contribution in [0.1, 0.15) is 13.8 Å². The maximum Gasteiger partial charge on any atom is 0.394 e. The molecule has 19 heavy (non-hydrogen) atoms. The largest absolute Gasteiger partial charge is 0.492 e. The third-order valence-electron chi connectivity index (χ3n) is 1.74. The van der Waals surface area contributed by atoms with E-state index in [1.165, 1.54) is 0 Å². The van der Waals surface area contributed by atoms with Crippen molar-refractivity contribution >= 4 is 21.8 Å². The average Bonchev–Trinajstić information content (AvgIpc) is 2.23. The van der Waals surface area contributed by atoms with Crippen molar-refractivity contribution in [3.63, 3.8) is 0 Å². The molecule has 110 valence electrons. The Morgan fingerprint density at radius 3 is 1.47 bits per heavy atom. The van der Waals surface area contributed by atoms with E-state index >= 15 is 0 Å². The van der Waals surface area contributed by atoms with Crippen molar-refractivity contribution in [2.75, 3.05) is 24.7 Å². The lowest BCUT2D eigenvalue weighted by atomic mass is 10.2.